The van der Waals surface area contributed by atoms with Crippen molar-refractivity contribution in [2.45, 2.75) is 0 Å². The Bertz CT molecular complexity index is 921. The first-order valence-corrected chi connectivity index (χ1v) is 8.09. The van der Waals surface area contributed by atoms with E-state index in [0.717, 1.165) is 0 Å². The van der Waals surface area contributed by atoms with Gasteiger partial charge in [0.15, 0.2) is 0 Å². The van der Waals surface area contributed by atoms with Crippen LogP contribution < -0.4 is 0 Å². The Kier molecular flexibility index (Phi) is 2.86. The summed E-state index contributed by atoms with van der Waals surface area (Å²) in [6, 6.07) is 24.0. The van der Waals surface area contributed by atoms with Crippen LogP contribution in [0.2, 0.25) is 0 Å². The van der Waals surface area contributed by atoms with Crippen LogP contribution >= 0.6 is 27.3 Å². The zero-order valence-corrected chi connectivity index (χ0v) is 13.0. The molecule has 0 atom stereocenters. The van der Waals surface area contributed by atoms with Gasteiger partial charge in [-0.25, -0.2) is 0 Å². The fourth-order valence-corrected chi connectivity index (χ4v) is 4.02. The lowest BCUT2D eigenvalue weighted by Crippen LogP contribution is -1.79. The molecule has 4 aromatic rings. The summed E-state index contributed by atoms with van der Waals surface area (Å²) < 4.78 is 1.17. The fraction of sp³-hybridized carbons (Fsp3) is 0. The van der Waals surface area contributed by atoms with Crippen molar-refractivity contribution < 1.29 is 0 Å². The Hall–Kier alpha value is -1.64. The average Bonchev–Trinajstić information content (AvgIpc) is 2.93. The third-order valence-corrected chi connectivity index (χ3v) is 5.28. The van der Waals surface area contributed by atoms with Crippen LogP contribution in [0.4, 0.5) is 0 Å². The molecule has 0 saturated heterocycles. The molecular formula is C18H11BrS. The topological polar surface area (TPSA) is 0 Å². The average molecular weight is 339 g/mol. The third-order valence-electron chi connectivity index (χ3n) is 3.60. The Morgan fingerprint density at radius 3 is 2.35 bits per heavy atom. The lowest BCUT2D eigenvalue weighted by atomic mass is 10.00. The maximum atomic E-state index is 3.53. The molecule has 0 aliphatic rings. The highest BCUT2D eigenvalue weighted by atomic mass is 79.9. The summed E-state index contributed by atoms with van der Waals surface area (Å²) in [4.78, 5) is 1.30. The van der Waals surface area contributed by atoms with Gasteiger partial charge in [-0.1, -0.05) is 48.5 Å². The lowest BCUT2D eigenvalue weighted by Gasteiger charge is -2.05. The van der Waals surface area contributed by atoms with E-state index in [1.54, 1.807) is 11.3 Å². The van der Waals surface area contributed by atoms with E-state index in [1.807, 2.05) is 0 Å². The third kappa shape index (κ3) is 1.96. The number of hydrogen-bond acceptors (Lipinski definition) is 1. The molecule has 0 N–H and O–H groups in total. The van der Waals surface area contributed by atoms with Crippen molar-refractivity contribution in [3.8, 4) is 10.4 Å². The Morgan fingerprint density at radius 2 is 1.50 bits per heavy atom. The van der Waals surface area contributed by atoms with E-state index in [-0.39, 0.29) is 0 Å². The number of thiophene rings is 1. The Morgan fingerprint density at radius 1 is 0.700 bits per heavy atom. The zero-order chi connectivity index (χ0) is 13.5. The van der Waals surface area contributed by atoms with Gasteiger partial charge in [0.1, 0.15) is 0 Å². The SMILES string of the molecule is Brc1ccc(-c2ccc3c(ccc4ccccc43)c2)s1. The second kappa shape index (κ2) is 4.72. The monoisotopic (exact) mass is 338 g/mol. The number of rotatable bonds is 1. The highest BCUT2D eigenvalue weighted by Crippen LogP contribution is 2.34. The first-order valence-electron chi connectivity index (χ1n) is 6.48. The minimum absolute atomic E-state index is 1.17. The first kappa shape index (κ1) is 12.1. The van der Waals surface area contributed by atoms with Crippen LogP contribution in [0.15, 0.2) is 70.5 Å². The van der Waals surface area contributed by atoms with Crippen molar-refractivity contribution in [1.82, 2.24) is 0 Å². The molecular weight excluding hydrogens is 328 g/mol. The summed E-state index contributed by atoms with van der Waals surface area (Å²) in [6.45, 7) is 0. The molecule has 1 aromatic heterocycles. The van der Waals surface area contributed by atoms with Gasteiger partial charge in [0.25, 0.3) is 0 Å². The van der Waals surface area contributed by atoms with Gasteiger partial charge in [0, 0.05) is 4.88 Å². The van der Waals surface area contributed by atoms with E-state index in [2.05, 4.69) is 82.7 Å². The molecule has 0 radical (unpaired) electrons. The molecule has 1 heterocycles. The number of hydrogen-bond donors (Lipinski definition) is 0. The van der Waals surface area contributed by atoms with Gasteiger partial charge in [-0.2, -0.15) is 0 Å². The number of halogens is 1. The van der Waals surface area contributed by atoms with Crippen molar-refractivity contribution in [3.63, 3.8) is 0 Å². The van der Waals surface area contributed by atoms with Gasteiger partial charge in [0.05, 0.1) is 3.79 Å². The molecule has 0 amide bonds. The molecule has 0 aliphatic heterocycles. The minimum atomic E-state index is 1.17. The molecule has 96 valence electrons. The molecule has 2 heteroatoms. The molecule has 0 bridgehead atoms. The van der Waals surface area contributed by atoms with Crippen LogP contribution in [-0.4, -0.2) is 0 Å². The van der Waals surface area contributed by atoms with Crippen LogP contribution in [0.5, 0.6) is 0 Å². The van der Waals surface area contributed by atoms with E-state index < -0.39 is 0 Å². The maximum absolute atomic E-state index is 3.53. The smallest absolute Gasteiger partial charge is 0.0705 e. The standard InChI is InChI=1S/C18H11BrS/c19-18-10-9-17(20-18)14-7-8-16-13(11-14)6-5-12-3-1-2-4-15(12)16/h1-11H. The van der Waals surface area contributed by atoms with Crippen LogP contribution in [0, 0.1) is 0 Å². The number of fused-ring (bicyclic) bond motifs is 3. The summed E-state index contributed by atoms with van der Waals surface area (Å²) in [5, 5.41) is 5.24. The van der Waals surface area contributed by atoms with E-state index >= 15 is 0 Å². The summed E-state index contributed by atoms with van der Waals surface area (Å²) in [7, 11) is 0. The molecule has 3 aromatic carbocycles. The van der Waals surface area contributed by atoms with Gasteiger partial charge < -0.3 is 0 Å². The Labute approximate surface area is 129 Å². The molecule has 0 spiro atoms. The first-order chi connectivity index (χ1) is 9.81. The molecule has 20 heavy (non-hydrogen) atoms. The molecule has 0 nitrogen and oxygen atoms in total. The lowest BCUT2D eigenvalue weighted by molar-refractivity contribution is 1.75. The van der Waals surface area contributed by atoms with Crippen molar-refractivity contribution in [1.29, 1.82) is 0 Å². The molecule has 0 fully saturated rings. The van der Waals surface area contributed by atoms with Gasteiger partial charge in [-0.05, 0) is 61.2 Å². The normalized spacial score (nSPS) is 11.2. The highest BCUT2D eigenvalue weighted by Gasteiger charge is 2.04. The second-order valence-electron chi connectivity index (χ2n) is 4.83. The van der Waals surface area contributed by atoms with Crippen molar-refractivity contribution >= 4 is 48.8 Å². The summed E-state index contributed by atoms with van der Waals surface area (Å²) >= 11 is 5.30. The van der Waals surface area contributed by atoms with Crippen molar-refractivity contribution in [2.75, 3.05) is 0 Å². The van der Waals surface area contributed by atoms with Crippen LogP contribution in [-0.2, 0) is 0 Å². The van der Waals surface area contributed by atoms with Crippen LogP contribution in [0.1, 0.15) is 0 Å². The Balaban J connectivity index is 1.98. The summed E-state index contributed by atoms with van der Waals surface area (Å²) in [5.41, 5.74) is 1.28. The van der Waals surface area contributed by atoms with E-state index in [1.165, 1.54) is 35.8 Å². The van der Waals surface area contributed by atoms with Crippen LogP contribution in [0.25, 0.3) is 32.0 Å². The van der Waals surface area contributed by atoms with E-state index in [9.17, 15) is 0 Å². The van der Waals surface area contributed by atoms with E-state index in [0.29, 0.717) is 0 Å². The predicted molar refractivity (Wildman–Crippen MR) is 92.5 cm³/mol. The van der Waals surface area contributed by atoms with Gasteiger partial charge >= 0.3 is 0 Å². The minimum Gasteiger partial charge on any atom is -0.128 e. The fourth-order valence-electron chi connectivity index (χ4n) is 2.64. The molecule has 0 aliphatic carbocycles. The number of benzene rings is 3. The van der Waals surface area contributed by atoms with Gasteiger partial charge in [-0.3, -0.25) is 0 Å². The quantitative estimate of drug-likeness (QED) is 0.348. The highest BCUT2D eigenvalue weighted by molar-refractivity contribution is 9.11. The predicted octanol–water partition coefficient (Wildman–Crippen LogP) is 6.48. The summed E-state index contributed by atoms with van der Waals surface area (Å²) in [6.07, 6.45) is 0. The molecule has 0 unspecified atom stereocenters. The molecule has 4 rings (SSSR count). The van der Waals surface area contributed by atoms with Crippen molar-refractivity contribution in [3.05, 3.63) is 70.5 Å². The zero-order valence-electron chi connectivity index (χ0n) is 10.6. The largest absolute Gasteiger partial charge is 0.128 e. The van der Waals surface area contributed by atoms with Gasteiger partial charge in [0.2, 0.25) is 0 Å². The molecule has 0 saturated carbocycles. The summed E-state index contributed by atoms with van der Waals surface area (Å²) in [5.74, 6) is 0. The van der Waals surface area contributed by atoms with Gasteiger partial charge in [-0.15, -0.1) is 11.3 Å². The van der Waals surface area contributed by atoms with E-state index in [4.69, 9.17) is 0 Å². The van der Waals surface area contributed by atoms with Crippen molar-refractivity contribution in [2.24, 2.45) is 0 Å². The second-order valence-corrected chi connectivity index (χ2v) is 7.29. The maximum Gasteiger partial charge on any atom is 0.0705 e. The van der Waals surface area contributed by atoms with Crippen LogP contribution in [0.3, 0.4) is 0 Å².